The van der Waals surface area contributed by atoms with E-state index in [2.05, 4.69) is 38.4 Å². The molecule has 1 amide bonds. The number of rotatable bonds is 5. The van der Waals surface area contributed by atoms with Crippen LogP contribution in [-0.4, -0.2) is 59.1 Å². The topological polar surface area (TPSA) is 45.7 Å². The number of carbonyl (C=O) groups excluding carboxylic acids is 1. The van der Waals surface area contributed by atoms with Gasteiger partial charge in [-0.3, -0.25) is 14.7 Å². The van der Waals surface area contributed by atoms with Gasteiger partial charge in [-0.05, 0) is 41.8 Å². The third-order valence-corrected chi connectivity index (χ3v) is 6.92. The van der Waals surface area contributed by atoms with Gasteiger partial charge in [0.25, 0.3) is 5.91 Å². The molecule has 4 heterocycles. The van der Waals surface area contributed by atoms with Gasteiger partial charge in [0.05, 0.1) is 6.61 Å². The van der Waals surface area contributed by atoms with Gasteiger partial charge in [0, 0.05) is 55.9 Å². The second-order valence-corrected chi connectivity index (χ2v) is 9.05. The van der Waals surface area contributed by atoms with Crippen LogP contribution in [0.4, 0.5) is 0 Å². The molecule has 142 valence electrons. The Balaban J connectivity index is 1.45. The van der Waals surface area contributed by atoms with Gasteiger partial charge in [0.15, 0.2) is 5.60 Å². The number of pyridine rings is 1. The Morgan fingerprint density at radius 2 is 2.22 bits per heavy atom. The number of carbonyl (C=O) groups is 1. The third-order valence-electron chi connectivity index (χ3n) is 6.05. The summed E-state index contributed by atoms with van der Waals surface area (Å²) in [5, 5.41) is 2.11. The van der Waals surface area contributed by atoms with Crippen LogP contribution < -0.4 is 0 Å². The van der Waals surface area contributed by atoms with Gasteiger partial charge < -0.3 is 9.64 Å². The standard InChI is InChI=1S/C21H25N3O2S/c25-20-21(26-9-8-24(20)12-16-5-6-16)15-23(13-18-4-2-10-27-18)14-19(21)17-3-1-7-22-11-17/h1-4,7,10-11,16,19H,5-6,8-9,12-15H2/t19-,21+/m1/s1. The first-order valence-corrected chi connectivity index (χ1v) is 10.7. The molecule has 1 aliphatic carbocycles. The van der Waals surface area contributed by atoms with Gasteiger partial charge in [-0.25, -0.2) is 0 Å². The lowest BCUT2D eigenvalue weighted by molar-refractivity contribution is -0.172. The maximum atomic E-state index is 13.6. The summed E-state index contributed by atoms with van der Waals surface area (Å²) in [5.41, 5.74) is 0.334. The van der Waals surface area contributed by atoms with Crippen LogP contribution in [0.25, 0.3) is 0 Å². The number of morpholine rings is 1. The molecule has 5 nitrogen and oxygen atoms in total. The van der Waals surface area contributed by atoms with E-state index in [-0.39, 0.29) is 11.8 Å². The first kappa shape index (κ1) is 17.3. The van der Waals surface area contributed by atoms with Crippen LogP contribution in [0.2, 0.25) is 0 Å². The van der Waals surface area contributed by atoms with Crippen molar-refractivity contribution < 1.29 is 9.53 Å². The fourth-order valence-electron chi connectivity index (χ4n) is 4.53. The summed E-state index contributed by atoms with van der Waals surface area (Å²) in [6, 6.07) is 8.30. The Labute approximate surface area is 164 Å². The molecule has 27 heavy (non-hydrogen) atoms. The number of likely N-dealkylation sites (tertiary alicyclic amines) is 1. The summed E-state index contributed by atoms with van der Waals surface area (Å²) in [5.74, 6) is 0.911. The van der Waals surface area contributed by atoms with E-state index in [0.29, 0.717) is 19.1 Å². The number of ether oxygens (including phenoxy) is 1. The second-order valence-electron chi connectivity index (χ2n) is 8.02. The molecule has 3 aliphatic rings. The number of hydrogen-bond acceptors (Lipinski definition) is 5. The third kappa shape index (κ3) is 3.30. The highest BCUT2D eigenvalue weighted by molar-refractivity contribution is 7.09. The fraction of sp³-hybridized carbons (Fsp3) is 0.524. The van der Waals surface area contributed by atoms with Crippen molar-refractivity contribution in [2.24, 2.45) is 5.92 Å². The van der Waals surface area contributed by atoms with Gasteiger partial charge in [-0.15, -0.1) is 11.3 Å². The van der Waals surface area contributed by atoms with Crippen molar-refractivity contribution in [1.82, 2.24) is 14.8 Å². The predicted molar refractivity (Wildman–Crippen MR) is 105 cm³/mol. The van der Waals surface area contributed by atoms with E-state index in [9.17, 15) is 4.79 Å². The Bertz CT molecular complexity index is 793. The minimum absolute atomic E-state index is 0.0284. The average molecular weight is 384 g/mol. The van der Waals surface area contributed by atoms with Gasteiger partial charge in [0.1, 0.15) is 0 Å². The molecule has 0 aromatic carbocycles. The average Bonchev–Trinajstić information content (AvgIpc) is 3.22. The first-order chi connectivity index (χ1) is 13.2. The Hall–Kier alpha value is -1.76. The van der Waals surface area contributed by atoms with E-state index in [1.54, 1.807) is 17.5 Å². The van der Waals surface area contributed by atoms with E-state index in [4.69, 9.17) is 4.74 Å². The Kier molecular flexibility index (Phi) is 4.50. The molecular formula is C21H25N3O2S. The molecule has 0 bridgehead atoms. The molecular weight excluding hydrogens is 358 g/mol. The Morgan fingerprint density at radius 1 is 1.30 bits per heavy atom. The van der Waals surface area contributed by atoms with Crippen molar-refractivity contribution in [2.75, 3.05) is 32.8 Å². The maximum Gasteiger partial charge on any atom is 0.256 e. The lowest BCUT2D eigenvalue weighted by Gasteiger charge is -2.42. The fourth-order valence-corrected chi connectivity index (χ4v) is 5.28. The van der Waals surface area contributed by atoms with Crippen LogP contribution >= 0.6 is 11.3 Å². The molecule has 2 atom stereocenters. The molecule has 2 aromatic heterocycles. The predicted octanol–water partition coefficient (Wildman–Crippen LogP) is 2.75. The summed E-state index contributed by atoms with van der Waals surface area (Å²) in [4.78, 5) is 23.7. The second kappa shape index (κ2) is 7.00. The Morgan fingerprint density at radius 3 is 2.96 bits per heavy atom. The number of nitrogens with zero attached hydrogens (tertiary/aromatic N) is 3. The smallest absolute Gasteiger partial charge is 0.256 e. The highest BCUT2D eigenvalue weighted by atomic mass is 32.1. The molecule has 5 rings (SSSR count). The van der Waals surface area contributed by atoms with Gasteiger partial charge in [0.2, 0.25) is 0 Å². The zero-order chi connectivity index (χ0) is 18.3. The minimum atomic E-state index is -0.770. The molecule has 2 aliphatic heterocycles. The summed E-state index contributed by atoms with van der Waals surface area (Å²) in [7, 11) is 0. The van der Waals surface area contributed by atoms with Crippen molar-refractivity contribution >= 4 is 17.2 Å². The minimum Gasteiger partial charge on any atom is -0.361 e. The maximum absolute atomic E-state index is 13.6. The number of thiophene rings is 1. The monoisotopic (exact) mass is 383 g/mol. The number of aromatic nitrogens is 1. The van der Waals surface area contributed by atoms with E-state index in [1.807, 2.05) is 12.3 Å². The quantitative estimate of drug-likeness (QED) is 0.797. The molecule has 0 unspecified atom stereocenters. The van der Waals surface area contributed by atoms with Crippen molar-refractivity contribution in [1.29, 1.82) is 0 Å². The molecule has 6 heteroatoms. The van der Waals surface area contributed by atoms with Crippen LogP contribution in [0.15, 0.2) is 42.0 Å². The molecule has 0 N–H and O–H groups in total. The number of hydrogen-bond donors (Lipinski definition) is 0. The molecule has 0 radical (unpaired) electrons. The molecule has 3 fully saturated rings. The van der Waals surface area contributed by atoms with Crippen molar-refractivity contribution in [3.05, 3.63) is 52.5 Å². The van der Waals surface area contributed by atoms with Crippen LogP contribution in [0.3, 0.4) is 0 Å². The van der Waals surface area contributed by atoms with Crippen molar-refractivity contribution in [3.63, 3.8) is 0 Å². The number of amides is 1. The first-order valence-electron chi connectivity index (χ1n) is 9.82. The largest absolute Gasteiger partial charge is 0.361 e. The van der Waals surface area contributed by atoms with E-state index >= 15 is 0 Å². The summed E-state index contributed by atoms with van der Waals surface area (Å²) in [6.45, 7) is 4.60. The van der Waals surface area contributed by atoms with Crippen molar-refractivity contribution in [2.45, 2.75) is 30.9 Å². The van der Waals surface area contributed by atoms with Gasteiger partial charge in [-0.2, -0.15) is 0 Å². The van der Waals surface area contributed by atoms with Crippen LogP contribution in [0.5, 0.6) is 0 Å². The van der Waals surface area contributed by atoms with Crippen LogP contribution in [-0.2, 0) is 16.1 Å². The molecule has 2 aromatic rings. The summed E-state index contributed by atoms with van der Waals surface area (Å²) >= 11 is 1.77. The van der Waals surface area contributed by atoms with Crippen LogP contribution in [0.1, 0.15) is 29.2 Å². The van der Waals surface area contributed by atoms with E-state index < -0.39 is 5.60 Å². The van der Waals surface area contributed by atoms with Crippen molar-refractivity contribution in [3.8, 4) is 0 Å². The molecule has 1 saturated carbocycles. The molecule has 2 saturated heterocycles. The lowest BCUT2D eigenvalue weighted by atomic mass is 9.83. The zero-order valence-corrected chi connectivity index (χ0v) is 16.2. The van der Waals surface area contributed by atoms with E-state index in [0.717, 1.165) is 31.7 Å². The highest BCUT2D eigenvalue weighted by Crippen LogP contribution is 2.43. The highest BCUT2D eigenvalue weighted by Gasteiger charge is 2.57. The normalized spacial score (nSPS) is 29.0. The zero-order valence-electron chi connectivity index (χ0n) is 15.4. The van der Waals surface area contributed by atoms with E-state index in [1.165, 1.54) is 17.7 Å². The lowest BCUT2D eigenvalue weighted by Crippen LogP contribution is -2.60. The van der Waals surface area contributed by atoms with Gasteiger partial charge in [-0.1, -0.05) is 12.1 Å². The van der Waals surface area contributed by atoms with Crippen LogP contribution in [0, 0.1) is 5.92 Å². The van der Waals surface area contributed by atoms with Gasteiger partial charge >= 0.3 is 0 Å². The summed E-state index contributed by atoms with van der Waals surface area (Å²) in [6.07, 6.45) is 6.21. The molecule has 1 spiro atoms. The SMILES string of the molecule is O=C1N(CC2CC2)CCO[C@]12CN(Cc1cccs1)C[C@@H]2c1cccnc1. The summed E-state index contributed by atoms with van der Waals surface area (Å²) < 4.78 is 6.33.